The fourth-order valence-corrected chi connectivity index (χ4v) is 2.27. The Hall–Kier alpha value is -2.57. The van der Waals surface area contributed by atoms with Crippen LogP contribution in [0.2, 0.25) is 0 Å². The summed E-state index contributed by atoms with van der Waals surface area (Å²) in [4.78, 5) is 4.54. The Morgan fingerprint density at radius 1 is 1.32 bits per heavy atom. The highest BCUT2D eigenvalue weighted by atomic mass is 19.1. The maximum atomic E-state index is 12.9. The third kappa shape index (κ3) is 6.82. The zero-order valence-corrected chi connectivity index (χ0v) is 15.0. The summed E-state index contributed by atoms with van der Waals surface area (Å²) in [7, 11) is 1.91. The molecule has 1 aromatic carbocycles. The lowest BCUT2D eigenvalue weighted by molar-refractivity contribution is 0.230. The number of benzene rings is 1. The molecule has 1 heterocycles. The van der Waals surface area contributed by atoms with Crippen molar-refractivity contribution in [2.24, 2.45) is 12.0 Å². The third-order valence-corrected chi connectivity index (χ3v) is 3.47. The van der Waals surface area contributed by atoms with Gasteiger partial charge in [0.1, 0.15) is 17.7 Å². The van der Waals surface area contributed by atoms with Crippen molar-refractivity contribution in [3.63, 3.8) is 0 Å². The van der Waals surface area contributed by atoms with E-state index in [1.54, 1.807) is 16.8 Å². The monoisotopic (exact) mass is 347 g/mol. The maximum Gasteiger partial charge on any atom is 0.191 e. The van der Waals surface area contributed by atoms with Gasteiger partial charge in [-0.1, -0.05) is 0 Å². The quantitative estimate of drug-likeness (QED) is 0.567. The van der Waals surface area contributed by atoms with Gasteiger partial charge in [0.2, 0.25) is 0 Å². The summed E-state index contributed by atoms with van der Waals surface area (Å²) in [6, 6.07) is 6.00. The van der Waals surface area contributed by atoms with Crippen molar-refractivity contribution >= 4 is 5.96 Å². The van der Waals surface area contributed by atoms with E-state index in [9.17, 15) is 4.39 Å². The first kappa shape index (κ1) is 18.8. The maximum absolute atomic E-state index is 12.9. The average Bonchev–Trinajstić information content (AvgIpc) is 3.00. The lowest BCUT2D eigenvalue weighted by atomic mass is 10.2. The van der Waals surface area contributed by atoms with Crippen LogP contribution in [0.15, 0.2) is 41.7 Å². The van der Waals surface area contributed by atoms with Gasteiger partial charge in [-0.25, -0.2) is 9.38 Å². The van der Waals surface area contributed by atoms with Gasteiger partial charge in [-0.15, -0.1) is 0 Å². The number of nitrogens with one attached hydrogen (secondary N) is 2. The second kappa shape index (κ2) is 9.66. The summed E-state index contributed by atoms with van der Waals surface area (Å²) in [5, 5.41) is 10.7. The highest BCUT2D eigenvalue weighted by Crippen LogP contribution is 2.13. The van der Waals surface area contributed by atoms with Gasteiger partial charge in [0.25, 0.3) is 0 Å². The molecule has 136 valence electrons. The van der Waals surface area contributed by atoms with E-state index in [-0.39, 0.29) is 11.9 Å². The molecule has 0 spiro atoms. The average molecular weight is 347 g/mol. The van der Waals surface area contributed by atoms with E-state index in [1.165, 1.54) is 17.7 Å². The van der Waals surface area contributed by atoms with Crippen LogP contribution >= 0.6 is 0 Å². The van der Waals surface area contributed by atoms with Crippen molar-refractivity contribution in [2.45, 2.75) is 26.4 Å². The van der Waals surface area contributed by atoms with Crippen molar-refractivity contribution in [3.8, 4) is 5.75 Å². The van der Waals surface area contributed by atoms with Crippen LogP contribution in [-0.2, 0) is 13.5 Å². The Kier molecular flexibility index (Phi) is 7.25. The number of aromatic nitrogens is 2. The largest absolute Gasteiger partial charge is 0.489 e. The van der Waals surface area contributed by atoms with Gasteiger partial charge in [-0.05, 0) is 50.1 Å². The number of guanidine groups is 1. The summed E-state index contributed by atoms with van der Waals surface area (Å²) in [5.41, 5.74) is 1.18. The number of nitrogens with zero attached hydrogens (tertiary/aromatic N) is 3. The van der Waals surface area contributed by atoms with Crippen LogP contribution in [0.4, 0.5) is 4.39 Å². The first-order chi connectivity index (χ1) is 12.1. The zero-order chi connectivity index (χ0) is 18.1. The van der Waals surface area contributed by atoms with E-state index in [1.807, 2.05) is 33.3 Å². The van der Waals surface area contributed by atoms with Crippen molar-refractivity contribution in [1.82, 2.24) is 20.4 Å². The molecule has 1 unspecified atom stereocenters. The lowest BCUT2D eigenvalue weighted by Crippen LogP contribution is -2.39. The van der Waals surface area contributed by atoms with Crippen LogP contribution in [0.5, 0.6) is 5.75 Å². The molecule has 2 aromatic rings. The number of aliphatic imine (C=N–C) groups is 1. The van der Waals surface area contributed by atoms with Crippen LogP contribution in [0.3, 0.4) is 0 Å². The Balaban J connectivity index is 1.79. The molecule has 0 aliphatic rings. The summed E-state index contributed by atoms with van der Waals surface area (Å²) in [6.07, 6.45) is 4.63. The van der Waals surface area contributed by atoms with Crippen LogP contribution in [0.1, 0.15) is 19.4 Å². The molecular weight excluding hydrogens is 321 g/mol. The third-order valence-electron chi connectivity index (χ3n) is 3.47. The van der Waals surface area contributed by atoms with E-state index in [0.717, 1.165) is 25.5 Å². The molecule has 1 atom stereocenters. The predicted octanol–water partition coefficient (Wildman–Crippen LogP) is 2.12. The van der Waals surface area contributed by atoms with Gasteiger partial charge in [-0.2, -0.15) is 5.10 Å². The van der Waals surface area contributed by atoms with E-state index in [0.29, 0.717) is 12.3 Å². The first-order valence-electron chi connectivity index (χ1n) is 8.48. The van der Waals surface area contributed by atoms with Gasteiger partial charge in [0.15, 0.2) is 5.96 Å². The molecule has 0 saturated carbocycles. The van der Waals surface area contributed by atoms with Gasteiger partial charge in [0, 0.05) is 26.3 Å². The Morgan fingerprint density at radius 3 is 2.72 bits per heavy atom. The van der Waals surface area contributed by atoms with Crippen molar-refractivity contribution in [2.75, 3.05) is 19.6 Å². The Bertz CT molecular complexity index is 668. The number of ether oxygens (including phenoxy) is 1. The molecule has 7 heteroatoms. The lowest BCUT2D eigenvalue weighted by Gasteiger charge is -2.15. The van der Waals surface area contributed by atoms with Gasteiger partial charge < -0.3 is 15.4 Å². The molecule has 1 aromatic heterocycles. The summed E-state index contributed by atoms with van der Waals surface area (Å²) in [6.45, 7) is 6.01. The summed E-state index contributed by atoms with van der Waals surface area (Å²) >= 11 is 0. The highest BCUT2D eigenvalue weighted by molar-refractivity contribution is 5.79. The smallest absolute Gasteiger partial charge is 0.191 e. The van der Waals surface area contributed by atoms with Crippen LogP contribution in [-0.4, -0.2) is 41.5 Å². The molecule has 0 saturated heterocycles. The summed E-state index contributed by atoms with van der Waals surface area (Å²) < 4.78 is 20.4. The fourth-order valence-electron chi connectivity index (χ4n) is 2.27. The van der Waals surface area contributed by atoms with E-state index >= 15 is 0 Å². The second-order valence-electron chi connectivity index (χ2n) is 5.80. The Labute approximate surface area is 148 Å². The molecule has 0 radical (unpaired) electrons. The predicted molar refractivity (Wildman–Crippen MR) is 97.4 cm³/mol. The van der Waals surface area contributed by atoms with Gasteiger partial charge >= 0.3 is 0 Å². The number of hydrogen-bond acceptors (Lipinski definition) is 3. The second-order valence-corrected chi connectivity index (χ2v) is 5.80. The van der Waals surface area contributed by atoms with Crippen LogP contribution in [0, 0.1) is 5.82 Å². The van der Waals surface area contributed by atoms with E-state index in [4.69, 9.17) is 4.74 Å². The fraction of sp³-hybridized carbons (Fsp3) is 0.444. The van der Waals surface area contributed by atoms with E-state index in [2.05, 4.69) is 20.7 Å². The highest BCUT2D eigenvalue weighted by Gasteiger charge is 2.05. The molecule has 0 fully saturated rings. The number of rotatable bonds is 8. The zero-order valence-electron chi connectivity index (χ0n) is 15.0. The molecule has 2 rings (SSSR count). The van der Waals surface area contributed by atoms with Crippen molar-refractivity contribution in [1.29, 1.82) is 0 Å². The molecule has 25 heavy (non-hydrogen) atoms. The first-order valence-corrected chi connectivity index (χ1v) is 8.48. The minimum atomic E-state index is -0.273. The molecule has 2 N–H and O–H groups in total. The van der Waals surface area contributed by atoms with Crippen LogP contribution < -0.4 is 15.4 Å². The molecule has 0 aliphatic carbocycles. The van der Waals surface area contributed by atoms with Crippen LogP contribution in [0.25, 0.3) is 0 Å². The molecule has 0 amide bonds. The van der Waals surface area contributed by atoms with Gasteiger partial charge in [-0.3, -0.25) is 4.68 Å². The van der Waals surface area contributed by atoms with Gasteiger partial charge in [0.05, 0.1) is 12.7 Å². The minimum absolute atomic E-state index is 0.112. The van der Waals surface area contributed by atoms with Crippen molar-refractivity contribution in [3.05, 3.63) is 48.0 Å². The van der Waals surface area contributed by atoms with E-state index < -0.39 is 0 Å². The minimum Gasteiger partial charge on any atom is -0.489 e. The normalized spacial score (nSPS) is 12.7. The standard InChI is InChI=1S/C18H26FN5O/c1-4-20-18(21-10-9-15-12-23-24(3)13-15)22-11-14(2)25-17-7-5-16(19)6-8-17/h5-8,12-14H,4,9-11H2,1-3H3,(H2,20,21,22). The molecule has 6 nitrogen and oxygen atoms in total. The number of halogens is 1. The number of hydrogen-bond donors (Lipinski definition) is 2. The molecule has 0 bridgehead atoms. The topological polar surface area (TPSA) is 63.5 Å². The Morgan fingerprint density at radius 2 is 2.08 bits per heavy atom. The molecule has 0 aliphatic heterocycles. The SMILES string of the molecule is CCNC(=NCC(C)Oc1ccc(F)cc1)NCCc1cnn(C)c1. The van der Waals surface area contributed by atoms with Crippen molar-refractivity contribution < 1.29 is 9.13 Å². The number of aryl methyl sites for hydroxylation is 1. The summed E-state index contributed by atoms with van der Waals surface area (Å²) in [5.74, 6) is 1.12. The molecular formula is C18H26FN5O.